The van der Waals surface area contributed by atoms with E-state index in [-0.39, 0.29) is 11.8 Å². The molecule has 1 heterocycles. The summed E-state index contributed by atoms with van der Waals surface area (Å²) in [6, 6.07) is 14.9. The molecule has 0 atom stereocenters. The summed E-state index contributed by atoms with van der Waals surface area (Å²) in [7, 11) is 1.59. The van der Waals surface area contributed by atoms with Crippen LogP contribution in [0.4, 0.5) is 5.69 Å². The lowest BCUT2D eigenvalue weighted by Crippen LogP contribution is -2.18. The largest absolute Gasteiger partial charge is 0.361 e. The molecule has 0 aliphatic rings. The van der Waals surface area contributed by atoms with Crippen LogP contribution in [0.2, 0.25) is 0 Å². The second-order valence-corrected chi connectivity index (χ2v) is 5.56. The van der Waals surface area contributed by atoms with Crippen LogP contribution in [0.1, 0.15) is 22.3 Å². The van der Waals surface area contributed by atoms with Gasteiger partial charge in [-0.05, 0) is 42.3 Å². The van der Waals surface area contributed by atoms with Gasteiger partial charge in [0.15, 0.2) is 0 Å². The molecule has 0 saturated heterocycles. The number of aromatic amines is 1. The maximum atomic E-state index is 12.1. The highest BCUT2D eigenvalue weighted by Gasteiger charge is 2.08. The Morgan fingerprint density at radius 2 is 1.79 bits per heavy atom. The van der Waals surface area contributed by atoms with E-state index in [2.05, 4.69) is 21.7 Å². The number of aryl methyl sites for hydroxylation is 1. The zero-order valence-electron chi connectivity index (χ0n) is 13.4. The smallest absolute Gasteiger partial charge is 0.251 e. The highest BCUT2D eigenvalue weighted by molar-refractivity contribution is 5.95. The molecule has 3 aromatic rings. The van der Waals surface area contributed by atoms with Crippen molar-refractivity contribution in [3.05, 3.63) is 65.9 Å². The van der Waals surface area contributed by atoms with Gasteiger partial charge in [0, 0.05) is 41.8 Å². The van der Waals surface area contributed by atoms with Crippen molar-refractivity contribution in [2.24, 2.45) is 0 Å². The number of rotatable bonds is 5. The molecule has 24 heavy (non-hydrogen) atoms. The van der Waals surface area contributed by atoms with E-state index >= 15 is 0 Å². The lowest BCUT2D eigenvalue weighted by atomic mass is 10.1. The quantitative estimate of drug-likeness (QED) is 0.675. The fourth-order valence-electron chi connectivity index (χ4n) is 2.66. The number of hydrogen-bond donors (Lipinski definition) is 3. The summed E-state index contributed by atoms with van der Waals surface area (Å²) >= 11 is 0. The van der Waals surface area contributed by atoms with E-state index in [0.29, 0.717) is 24.1 Å². The minimum absolute atomic E-state index is 0.0482. The van der Waals surface area contributed by atoms with Crippen molar-refractivity contribution in [2.45, 2.75) is 12.8 Å². The van der Waals surface area contributed by atoms with Crippen molar-refractivity contribution < 1.29 is 9.59 Å². The Balaban J connectivity index is 1.58. The third kappa shape index (κ3) is 3.46. The maximum Gasteiger partial charge on any atom is 0.251 e. The van der Waals surface area contributed by atoms with E-state index in [1.165, 1.54) is 0 Å². The van der Waals surface area contributed by atoms with Crippen LogP contribution in [0.5, 0.6) is 0 Å². The number of fused-ring (bicyclic) bond motifs is 1. The van der Waals surface area contributed by atoms with E-state index in [1.807, 2.05) is 24.4 Å². The highest BCUT2D eigenvalue weighted by Crippen LogP contribution is 2.19. The van der Waals surface area contributed by atoms with E-state index in [9.17, 15) is 9.59 Å². The average molecular weight is 321 g/mol. The summed E-state index contributed by atoms with van der Waals surface area (Å²) in [6.45, 7) is 0. The monoisotopic (exact) mass is 321 g/mol. The van der Waals surface area contributed by atoms with Gasteiger partial charge >= 0.3 is 0 Å². The standard InChI is InChI=1S/C19H19N3O2/c1-20-19(24)13-6-9-15(10-7-13)22-18(23)11-8-14-12-21-17-5-3-2-4-16(14)17/h2-7,9-10,12,21H,8,11H2,1H3,(H,20,24)(H,22,23). The highest BCUT2D eigenvalue weighted by atomic mass is 16.2. The van der Waals surface area contributed by atoms with Gasteiger partial charge in [-0.2, -0.15) is 0 Å². The van der Waals surface area contributed by atoms with Crippen molar-refractivity contribution in [2.75, 3.05) is 12.4 Å². The van der Waals surface area contributed by atoms with Crippen LogP contribution < -0.4 is 10.6 Å². The van der Waals surface area contributed by atoms with Gasteiger partial charge in [0.05, 0.1) is 0 Å². The molecule has 0 aliphatic carbocycles. The summed E-state index contributed by atoms with van der Waals surface area (Å²) in [4.78, 5) is 26.8. The number of hydrogen-bond acceptors (Lipinski definition) is 2. The first-order valence-corrected chi connectivity index (χ1v) is 7.84. The number of nitrogens with one attached hydrogen (secondary N) is 3. The lowest BCUT2D eigenvalue weighted by molar-refractivity contribution is -0.116. The summed E-state index contributed by atoms with van der Waals surface area (Å²) in [5, 5.41) is 6.57. The number of para-hydroxylation sites is 1. The summed E-state index contributed by atoms with van der Waals surface area (Å²) < 4.78 is 0. The minimum atomic E-state index is -0.146. The molecule has 0 fully saturated rings. The molecule has 5 heteroatoms. The van der Waals surface area contributed by atoms with E-state index in [0.717, 1.165) is 16.5 Å². The summed E-state index contributed by atoms with van der Waals surface area (Å²) in [6.07, 6.45) is 3.03. The molecule has 5 nitrogen and oxygen atoms in total. The van der Waals surface area contributed by atoms with Crippen LogP contribution in [0.25, 0.3) is 10.9 Å². The molecule has 0 aliphatic heterocycles. The van der Waals surface area contributed by atoms with Crippen LogP contribution >= 0.6 is 0 Å². The molecule has 122 valence electrons. The normalized spacial score (nSPS) is 10.5. The Hall–Kier alpha value is -3.08. The molecule has 0 saturated carbocycles. The first-order chi connectivity index (χ1) is 11.7. The predicted molar refractivity (Wildman–Crippen MR) is 95.1 cm³/mol. The number of benzene rings is 2. The van der Waals surface area contributed by atoms with Crippen molar-refractivity contribution in [3.8, 4) is 0 Å². The molecule has 3 N–H and O–H groups in total. The van der Waals surface area contributed by atoms with Gasteiger partial charge in [0.25, 0.3) is 5.91 Å². The van der Waals surface area contributed by atoms with Crippen LogP contribution in [0, 0.1) is 0 Å². The van der Waals surface area contributed by atoms with Crippen molar-refractivity contribution in [1.82, 2.24) is 10.3 Å². The molecular weight excluding hydrogens is 302 g/mol. The third-order valence-corrected chi connectivity index (χ3v) is 3.95. The average Bonchev–Trinajstić information content (AvgIpc) is 3.03. The Kier molecular flexibility index (Phi) is 4.61. The van der Waals surface area contributed by atoms with Crippen LogP contribution in [0.3, 0.4) is 0 Å². The van der Waals surface area contributed by atoms with Crippen LogP contribution in [0.15, 0.2) is 54.7 Å². The van der Waals surface area contributed by atoms with Gasteiger partial charge in [-0.25, -0.2) is 0 Å². The zero-order chi connectivity index (χ0) is 16.9. The fraction of sp³-hybridized carbons (Fsp3) is 0.158. The van der Waals surface area contributed by atoms with Crippen molar-refractivity contribution >= 4 is 28.4 Å². The van der Waals surface area contributed by atoms with E-state index in [1.54, 1.807) is 31.3 Å². The second kappa shape index (κ2) is 7.00. The first kappa shape index (κ1) is 15.8. The Bertz CT molecular complexity index is 866. The fourth-order valence-corrected chi connectivity index (χ4v) is 2.66. The number of H-pyrrole nitrogens is 1. The summed E-state index contributed by atoms with van der Waals surface area (Å²) in [5.74, 6) is -0.194. The Morgan fingerprint density at radius 3 is 2.54 bits per heavy atom. The predicted octanol–water partition coefficient (Wildman–Crippen LogP) is 3.10. The molecule has 2 amide bonds. The third-order valence-electron chi connectivity index (χ3n) is 3.95. The molecule has 0 unspecified atom stereocenters. The maximum absolute atomic E-state index is 12.1. The minimum Gasteiger partial charge on any atom is -0.361 e. The Morgan fingerprint density at radius 1 is 1.04 bits per heavy atom. The number of anilines is 1. The summed E-state index contributed by atoms with van der Waals surface area (Å²) in [5.41, 5.74) is 3.47. The van der Waals surface area contributed by atoms with Gasteiger partial charge in [-0.3, -0.25) is 9.59 Å². The number of carbonyl (C=O) groups is 2. The number of amides is 2. The van der Waals surface area contributed by atoms with Gasteiger partial charge in [-0.15, -0.1) is 0 Å². The zero-order valence-corrected chi connectivity index (χ0v) is 13.4. The number of aromatic nitrogens is 1. The van der Waals surface area contributed by atoms with Crippen LogP contribution in [-0.2, 0) is 11.2 Å². The topological polar surface area (TPSA) is 74.0 Å². The molecule has 2 aromatic carbocycles. The van der Waals surface area contributed by atoms with E-state index in [4.69, 9.17) is 0 Å². The van der Waals surface area contributed by atoms with Gasteiger partial charge in [0.1, 0.15) is 0 Å². The molecule has 1 aromatic heterocycles. The second-order valence-electron chi connectivity index (χ2n) is 5.56. The first-order valence-electron chi connectivity index (χ1n) is 7.84. The molecule has 0 radical (unpaired) electrons. The van der Waals surface area contributed by atoms with Gasteiger partial charge in [-0.1, -0.05) is 18.2 Å². The SMILES string of the molecule is CNC(=O)c1ccc(NC(=O)CCc2c[nH]c3ccccc23)cc1. The van der Waals surface area contributed by atoms with Crippen LogP contribution in [-0.4, -0.2) is 23.8 Å². The molecule has 3 rings (SSSR count). The molecular formula is C19H19N3O2. The Labute approximate surface area is 140 Å². The lowest BCUT2D eigenvalue weighted by Gasteiger charge is -2.06. The molecule has 0 spiro atoms. The van der Waals surface area contributed by atoms with Gasteiger partial charge < -0.3 is 15.6 Å². The molecule has 0 bridgehead atoms. The van der Waals surface area contributed by atoms with Gasteiger partial charge in [0.2, 0.25) is 5.91 Å². The van der Waals surface area contributed by atoms with E-state index < -0.39 is 0 Å². The van der Waals surface area contributed by atoms with Crippen molar-refractivity contribution in [3.63, 3.8) is 0 Å². The number of carbonyl (C=O) groups excluding carboxylic acids is 2. The van der Waals surface area contributed by atoms with Crippen molar-refractivity contribution in [1.29, 1.82) is 0 Å².